The molecule has 3 aliphatic rings. The Bertz CT molecular complexity index is 337. The summed E-state index contributed by atoms with van der Waals surface area (Å²) in [5.74, 6) is -0.160. The van der Waals surface area contributed by atoms with Gasteiger partial charge in [0, 0.05) is 12.8 Å². The van der Waals surface area contributed by atoms with Crippen LogP contribution in [-0.4, -0.2) is 36.4 Å². The third kappa shape index (κ3) is 1.45. The highest BCUT2D eigenvalue weighted by atomic mass is 79.9. The van der Waals surface area contributed by atoms with Gasteiger partial charge in [-0.05, 0) is 0 Å². The van der Waals surface area contributed by atoms with E-state index in [1.165, 1.54) is 0 Å². The van der Waals surface area contributed by atoms with Crippen molar-refractivity contribution in [1.29, 1.82) is 0 Å². The van der Waals surface area contributed by atoms with Crippen LogP contribution in [-0.2, 0) is 19.0 Å². The number of halogens is 1. The van der Waals surface area contributed by atoms with Gasteiger partial charge < -0.3 is 14.2 Å². The molecule has 3 rings (SSSR count). The normalized spacial score (nSPS) is 42.7. The number of carbonyl (C=O) groups is 1. The van der Waals surface area contributed by atoms with Crippen molar-refractivity contribution >= 4 is 21.9 Å². The lowest BCUT2D eigenvalue weighted by molar-refractivity contribution is -0.150. The maximum atomic E-state index is 12.0. The fraction of sp³-hybridized carbons (Fsp3) is 0.727. The Balaban J connectivity index is 1.85. The minimum atomic E-state index is -0.599. The summed E-state index contributed by atoms with van der Waals surface area (Å²) in [5, 5.41) is 0. The maximum Gasteiger partial charge on any atom is 0.317 e. The Morgan fingerprint density at radius 1 is 1.44 bits per heavy atom. The van der Waals surface area contributed by atoms with E-state index in [2.05, 4.69) is 15.9 Å². The average Bonchev–Trinajstić information content (AvgIpc) is 2.78. The summed E-state index contributed by atoms with van der Waals surface area (Å²) in [4.78, 5) is 12.0. The van der Waals surface area contributed by atoms with E-state index < -0.39 is 5.41 Å². The molecule has 0 spiro atoms. The molecule has 2 aliphatic heterocycles. The second-order valence-corrected chi connectivity index (χ2v) is 5.39. The predicted octanol–water partition coefficient (Wildman–Crippen LogP) is 1.38. The van der Waals surface area contributed by atoms with Crippen molar-refractivity contribution in [2.24, 2.45) is 5.41 Å². The minimum absolute atomic E-state index is 0.0327. The van der Waals surface area contributed by atoms with Gasteiger partial charge in [-0.2, -0.15) is 0 Å². The molecule has 0 aromatic rings. The van der Waals surface area contributed by atoms with Gasteiger partial charge in [0.15, 0.2) is 6.29 Å². The van der Waals surface area contributed by atoms with E-state index >= 15 is 0 Å². The number of esters is 1. The Morgan fingerprint density at radius 3 is 2.94 bits per heavy atom. The summed E-state index contributed by atoms with van der Waals surface area (Å²) in [5.41, 5.74) is -0.599. The standard InChI is InChI=1S/C11H13BrO4/c12-9-7-2-1-3-11(9,10(13)16-7)6-8-14-4-5-15-8/h1,3,7-9H,2,4-6H2/t7-,9+,11-/m1/s1. The second kappa shape index (κ2) is 3.82. The Hall–Kier alpha value is -0.390. The molecule has 2 fully saturated rings. The van der Waals surface area contributed by atoms with Crippen molar-refractivity contribution in [1.82, 2.24) is 0 Å². The highest BCUT2D eigenvalue weighted by Gasteiger charge is 2.57. The topological polar surface area (TPSA) is 44.8 Å². The molecule has 0 unspecified atom stereocenters. The third-order valence-corrected chi connectivity index (χ3v) is 4.84. The molecule has 0 aromatic carbocycles. The van der Waals surface area contributed by atoms with Gasteiger partial charge in [0.1, 0.15) is 11.5 Å². The summed E-state index contributed by atoms with van der Waals surface area (Å²) in [7, 11) is 0. The minimum Gasteiger partial charge on any atom is -0.460 e. The zero-order valence-corrected chi connectivity index (χ0v) is 10.3. The zero-order chi connectivity index (χ0) is 11.2. The molecule has 0 radical (unpaired) electrons. The Morgan fingerprint density at radius 2 is 2.19 bits per heavy atom. The van der Waals surface area contributed by atoms with Crippen LogP contribution >= 0.6 is 15.9 Å². The molecule has 0 aromatic heterocycles. The molecule has 4 nitrogen and oxygen atoms in total. The highest BCUT2D eigenvalue weighted by Crippen LogP contribution is 2.48. The van der Waals surface area contributed by atoms with Crippen LogP contribution in [0, 0.1) is 5.41 Å². The third-order valence-electron chi connectivity index (χ3n) is 3.44. The first kappa shape index (κ1) is 10.7. The van der Waals surface area contributed by atoms with Crippen LogP contribution in [0.4, 0.5) is 0 Å². The van der Waals surface area contributed by atoms with Crippen LogP contribution in [0.25, 0.3) is 0 Å². The lowest BCUT2D eigenvalue weighted by Gasteiger charge is -2.29. The number of alkyl halides is 1. The first-order valence-electron chi connectivity index (χ1n) is 5.48. The molecule has 5 heteroatoms. The largest absolute Gasteiger partial charge is 0.460 e. The Kier molecular flexibility index (Phi) is 2.57. The van der Waals surface area contributed by atoms with Gasteiger partial charge in [0.2, 0.25) is 0 Å². The van der Waals surface area contributed by atoms with Crippen LogP contribution in [0.2, 0.25) is 0 Å². The average molecular weight is 289 g/mol. The van der Waals surface area contributed by atoms with Crippen molar-refractivity contribution in [2.75, 3.05) is 13.2 Å². The van der Waals surface area contributed by atoms with Gasteiger partial charge in [-0.3, -0.25) is 4.79 Å². The molecule has 2 heterocycles. The van der Waals surface area contributed by atoms with Crippen LogP contribution in [0.5, 0.6) is 0 Å². The molecule has 88 valence electrons. The number of hydrogen-bond acceptors (Lipinski definition) is 4. The van der Waals surface area contributed by atoms with E-state index in [0.29, 0.717) is 19.6 Å². The van der Waals surface area contributed by atoms with Crippen LogP contribution in [0.3, 0.4) is 0 Å². The lowest BCUT2D eigenvalue weighted by Crippen LogP contribution is -2.39. The lowest BCUT2D eigenvalue weighted by atomic mass is 9.77. The smallest absolute Gasteiger partial charge is 0.317 e. The summed E-state index contributed by atoms with van der Waals surface area (Å²) < 4.78 is 16.2. The Labute approximate surface area is 102 Å². The van der Waals surface area contributed by atoms with E-state index in [1.807, 2.05) is 12.2 Å². The fourth-order valence-electron chi connectivity index (χ4n) is 2.56. The highest BCUT2D eigenvalue weighted by molar-refractivity contribution is 9.09. The summed E-state index contributed by atoms with van der Waals surface area (Å²) in [6, 6.07) is 0. The van der Waals surface area contributed by atoms with Gasteiger partial charge in [0.05, 0.1) is 18.0 Å². The second-order valence-electron chi connectivity index (χ2n) is 4.40. The zero-order valence-electron chi connectivity index (χ0n) is 8.73. The van der Waals surface area contributed by atoms with Crippen LogP contribution in [0.15, 0.2) is 12.2 Å². The molecule has 1 aliphatic carbocycles. The number of carbonyl (C=O) groups excluding carboxylic acids is 1. The van der Waals surface area contributed by atoms with Gasteiger partial charge in [-0.15, -0.1) is 0 Å². The van der Waals surface area contributed by atoms with E-state index in [0.717, 1.165) is 6.42 Å². The number of rotatable bonds is 2. The number of fused-ring (bicyclic) bond motifs is 2. The molecule has 0 N–H and O–H groups in total. The first-order chi connectivity index (χ1) is 7.72. The van der Waals surface area contributed by atoms with Gasteiger partial charge in [-0.25, -0.2) is 0 Å². The van der Waals surface area contributed by atoms with Crippen LogP contribution in [0.1, 0.15) is 12.8 Å². The van der Waals surface area contributed by atoms with Crippen molar-refractivity contribution in [3.63, 3.8) is 0 Å². The number of ether oxygens (including phenoxy) is 3. The number of hydrogen-bond donors (Lipinski definition) is 0. The predicted molar refractivity (Wildman–Crippen MR) is 59.1 cm³/mol. The van der Waals surface area contributed by atoms with E-state index in [9.17, 15) is 4.79 Å². The van der Waals surface area contributed by atoms with Gasteiger partial charge >= 0.3 is 5.97 Å². The molecule has 3 atom stereocenters. The van der Waals surface area contributed by atoms with E-state index in [4.69, 9.17) is 14.2 Å². The van der Waals surface area contributed by atoms with E-state index in [1.54, 1.807) is 0 Å². The summed E-state index contributed by atoms with van der Waals surface area (Å²) in [6.45, 7) is 1.21. The van der Waals surface area contributed by atoms with Crippen LogP contribution < -0.4 is 0 Å². The first-order valence-corrected chi connectivity index (χ1v) is 6.40. The molecular formula is C11H13BrO4. The van der Waals surface area contributed by atoms with Gasteiger partial charge in [0.25, 0.3) is 0 Å². The maximum absolute atomic E-state index is 12.0. The summed E-state index contributed by atoms with van der Waals surface area (Å²) in [6.07, 6.45) is 4.96. The molecular weight excluding hydrogens is 276 g/mol. The molecule has 16 heavy (non-hydrogen) atoms. The molecule has 0 saturated carbocycles. The summed E-state index contributed by atoms with van der Waals surface area (Å²) >= 11 is 3.58. The molecule has 2 bridgehead atoms. The van der Waals surface area contributed by atoms with Crippen molar-refractivity contribution in [3.8, 4) is 0 Å². The molecule has 2 saturated heterocycles. The van der Waals surface area contributed by atoms with Gasteiger partial charge in [-0.1, -0.05) is 28.1 Å². The monoisotopic (exact) mass is 288 g/mol. The van der Waals surface area contributed by atoms with Crippen molar-refractivity contribution in [3.05, 3.63) is 12.2 Å². The van der Waals surface area contributed by atoms with Crippen molar-refractivity contribution < 1.29 is 19.0 Å². The fourth-order valence-corrected chi connectivity index (χ4v) is 3.41. The van der Waals surface area contributed by atoms with Crippen molar-refractivity contribution in [2.45, 2.75) is 30.1 Å². The quantitative estimate of drug-likeness (QED) is 0.438. The van der Waals surface area contributed by atoms with E-state index in [-0.39, 0.29) is 23.2 Å². The SMILES string of the molecule is O=C1O[C@@H]2CC=C[C@@]1(CC1OCCO1)[C@H]2Br. The molecule has 0 amide bonds.